The lowest BCUT2D eigenvalue weighted by Crippen LogP contribution is -2.54. The lowest BCUT2D eigenvalue weighted by molar-refractivity contribution is -0.135. The van der Waals surface area contributed by atoms with Crippen molar-refractivity contribution in [2.45, 2.75) is 119 Å². The smallest absolute Gasteiger partial charge is 0.159 e. The molecule has 2 heteroatoms. The molecule has 0 aromatic carbocycles. The Hall–Kier alpha value is -0.630. The summed E-state index contributed by atoms with van der Waals surface area (Å²) in [5.74, 6) is 4.30. The highest BCUT2D eigenvalue weighted by Gasteiger charge is 2.61. The minimum atomic E-state index is -0.0538. The van der Waals surface area contributed by atoms with Crippen LogP contribution in [0.4, 0.5) is 0 Å². The van der Waals surface area contributed by atoms with Crippen molar-refractivity contribution in [1.29, 1.82) is 0 Å². The molecule has 1 N–H and O–H groups in total. The van der Waals surface area contributed by atoms with E-state index >= 15 is 0 Å². The number of carbonyl (C=O) groups excluding carboxylic acids is 1. The molecule has 0 aliphatic heterocycles. The minimum Gasteiger partial charge on any atom is -0.393 e. The molecule has 0 aromatic heterocycles. The van der Waals surface area contributed by atoms with Crippen molar-refractivity contribution < 1.29 is 9.90 Å². The van der Waals surface area contributed by atoms with Crippen LogP contribution in [0.2, 0.25) is 0 Å². The largest absolute Gasteiger partial charge is 0.393 e. The highest BCUT2D eigenvalue weighted by atomic mass is 16.3. The van der Waals surface area contributed by atoms with Crippen molar-refractivity contribution >= 4 is 5.78 Å². The molecule has 4 saturated carbocycles. The molecular weight excluding hydrogens is 380 g/mol. The van der Waals surface area contributed by atoms with Crippen LogP contribution in [0.15, 0.2) is 11.1 Å². The summed E-state index contributed by atoms with van der Waals surface area (Å²) in [4.78, 5) is 13.0. The SMILES string of the molecule is CC(C)=C(C)C(=O)CC(C)(C)[C@H]1CC[C@H]2[C@@H]3CC[C@H]4C[C@@H](O)CC[C@]4(C)[C@H]3CC[C@]12C. The van der Waals surface area contributed by atoms with E-state index in [9.17, 15) is 9.90 Å². The number of ketones is 1. The van der Waals surface area contributed by atoms with Crippen molar-refractivity contribution in [1.82, 2.24) is 0 Å². The van der Waals surface area contributed by atoms with Crippen LogP contribution in [0, 0.1) is 45.8 Å². The highest BCUT2D eigenvalue weighted by molar-refractivity contribution is 5.95. The van der Waals surface area contributed by atoms with Crippen molar-refractivity contribution in [3.05, 3.63) is 11.1 Å². The molecular formula is C29H48O2. The molecule has 0 spiro atoms. The Kier molecular flexibility index (Phi) is 6.07. The molecule has 176 valence electrons. The van der Waals surface area contributed by atoms with E-state index in [1.54, 1.807) is 0 Å². The normalized spacial score (nSPS) is 44.8. The maximum atomic E-state index is 13.0. The van der Waals surface area contributed by atoms with Gasteiger partial charge in [-0.15, -0.1) is 0 Å². The topological polar surface area (TPSA) is 37.3 Å². The molecule has 0 saturated heterocycles. The fourth-order valence-electron chi connectivity index (χ4n) is 9.47. The van der Waals surface area contributed by atoms with E-state index in [-0.39, 0.29) is 11.5 Å². The summed E-state index contributed by atoms with van der Waals surface area (Å²) in [5, 5.41) is 10.3. The van der Waals surface area contributed by atoms with Crippen LogP contribution in [0.25, 0.3) is 0 Å². The van der Waals surface area contributed by atoms with E-state index in [1.165, 1.54) is 50.5 Å². The summed E-state index contributed by atoms with van der Waals surface area (Å²) < 4.78 is 0. The van der Waals surface area contributed by atoms with Gasteiger partial charge in [0.2, 0.25) is 0 Å². The summed E-state index contributed by atoms with van der Waals surface area (Å²) in [7, 11) is 0. The molecule has 0 radical (unpaired) electrons. The lowest BCUT2D eigenvalue weighted by Gasteiger charge is -2.61. The number of Topliss-reactive ketones (excluding diaryl/α,β-unsaturated/α-hetero) is 1. The van der Waals surface area contributed by atoms with Crippen molar-refractivity contribution in [2.75, 3.05) is 0 Å². The number of aliphatic hydroxyl groups excluding tert-OH is 1. The van der Waals surface area contributed by atoms with Crippen LogP contribution in [0.5, 0.6) is 0 Å². The van der Waals surface area contributed by atoms with Gasteiger partial charge in [0.15, 0.2) is 5.78 Å². The van der Waals surface area contributed by atoms with E-state index < -0.39 is 0 Å². The van der Waals surface area contributed by atoms with Gasteiger partial charge in [-0.1, -0.05) is 33.3 Å². The standard InChI is InChI=1S/C29H48O2/c1-18(2)19(3)25(31)17-27(4,5)26-11-10-23-22-9-8-20-16-21(30)12-14-28(20,6)24(22)13-15-29(23,26)7/h20-24,26,30H,8-17H2,1-7H3/t20-,21-,22-,23-,24-,26+,28-,29-/m0/s1. The molecule has 0 bridgehead atoms. The second-order valence-electron chi connectivity index (χ2n) is 13.5. The third-order valence-corrected chi connectivity index (χ3v) is 11.4. The van der Waals surface area contributed by atoms with Gasteiger partial charge in [0.1, 0.15) is 0 Å². The zero-order valence-electron chi connectivity index (χ0n) is 21.4. The van der Waals surface area contributed by atoms with Gasteiger partial charge in [-0.3, -0.25) is 4.79 Å². The van der Waals surface area contributed by atoms with Gasteiger partial charge < -0.3 is 5.11 Å². The summed E-state index contributed by atoms with van der Waals surface area (Å²) in [6.45, 7) is 16.1. The average Bonchev–Trinajstić information content (AvgIpc) is 3.05. The zero-order chi connectivity index (χ0) is 22.8. The number of hydrogen-bond acceptors (Lipinski definition) is 2. The fraction of sp³-hybridized carbons (Fsp3) is 0.897. The Morgan fingerprint density at radius 1 is 0.903 bits per heavy atom. The Labute approximate surface area is 191 Å². The van der Waals surface area contributed by atoms with Crippen LogP contribution >= 0.6 is 0 Å². The minimum absolute atomic E-state index is 0.0538. The number of allylic oxidation sites excluding steroid dienone is 2. The van der Waals surface area contributed by atoms with Gasteiger partial charge in [0, 0.05) is 6.42 Å². The number of fused-ring (bicyclic) bond motifs is 5. The number of rotatable bonds is 4. The molecule has 4 fully saturated rings. The molecule has 0 aromatic rings. The molecule has 4 rings (SSSR count). The van der Waals surface area contributed by atoms with E-state index in [0.717, 1.165) is 42.1 Å². The molecule has 0 heterocycles. The predicted molar refractivity (Wildman–Crippen MR) is 129 cm³/mol. The molecule has 0 unspecified atom stereocenters. The number of aliphatic hydroxyl groups is 1. The summed E-state index contributed by atoms with van der Waals surface area (Å²) in [6.07, 6.45) is 12.0. The van der Waals surface area contributed by atoms with E-state index in [2.05, 4.69) is 41.5 Å². The van der Waals surface area contributed by atoms with Gasteiger partial charge in [-0.05, 0) is 130 Å². The Morgan fingerprint density at radius 3 is 2.23 bits per heavy atom. The van der Waals surface area contributed by atoms with Gasteiger partial charge in [-0.2, -0.15) is 0 Å². The van der Waals surface area contributed by atoms with Crippen LogP contribution < -0.4 is 0 Å². The maximum Gasteiger partial charge on any atom is 0.159 e. The number of hydrogen-bond donors (Lipinski definition) is 1. The predicted octanol–water partition coefficient (Wildman–Crippen LogP) is 7.35. The Morgan fingerprint density at radius 2 is 1.55 bits per heavy atom. The van der Waals surface area contributed by atoms with Gasteiger partial charge in [0.05, 0.1) is 6.10 Å². The molecule has 4 aliphatic rings. The first-order chi connectivity index (χ1) is 14.4. The van der Waals surface area contributed by atoms with Crippen LogP contribution in [0.1, 0.15) is 113 Å². The van der Waals surface area contributed by atoms with Crippen molar-refractivity contribution in [2.24, 2.45) is 45.8 Å². The third kappa shape index (κ3) is 3.77. The van der Waals surface area contributed by atoms with Gasteiger partial charge in [-0.25, -0.2) is 0 Å². The first-order valence-corrected chi connectivity index (χ1v) is 13.3. The summed E-state index contributed by atoms with van der Waals surface area (Å²) in [5.41, 5.74) is 3.05. The van der Waals surface area contributed by atoms with E-state index in [0.29, 0.717) is 29.0 Å². The quantitative estimate of drug-likeness (QED) is 0.475. The van der Waals surface area contributed by atoms with Crippen molar-refractivity contribution in [3.63, 3.8) is 0 Å². The first kappa shape index (κ1) is 23.5. The fourth-order valence-corrected chi connectivity index (χ4v) is 9.47. The Bertz CT molecular complexity index is 744. The second kappa shape index (κ2) is 8.00. The van der Waals surface area contributed by atoms with Crippen molar-refractivity contribution in [3.8, 4) is 0 Å². The lowest BCUT2D eigenvalue weighted by atomic mass is 9.44. The highest BCUT2D eigenvalue weighted by Crippen LogP contribution is 2.69. The second-order valence-corrected chi connectivity index (χ2v) is 13.5. The van der Waals surface area contributed by atoms with Gasteiger partial charge >= 0.3 is 0 Å². The average molecular weight is 429 g/mol. The van der Waals surface area contributed by atoms with Crippen LogP contribution in [-0.4, -0.2) is 17.0 Å². The summed E-state index contributed by atoms with van der Waals surface area (Å²) in [6, 6.07) is 0. The van der Waals surface area contributed by atoms with E-state index in [1.807, 2.05) is 6.92 Å². The number of carbonyl (C=O) groups is 1. The molecule has 31 heavy (non-hydrogen) atoms. The first-order valence-electron chi connectivity index (χ1n) is 13.3. The molecule has 2 nitrogen and oxygen atoms in total. The zero-order valence-corrected chi connectivity index (χ0v) is 21.4. The molecule has 8 atom stereocenters. The molecule has 4 aliphatic carbocycles. The monoisotopic (exact) mass is 428 g/mol. The summed E-state index contributed by atoms with van der Waals surface area (Å²) >= 11 is 0. The van der Waals surface area contributed by atoms with Gasteiger partial charge in [0.25, 0.3) is 0 Å². The molecule has 0 amide bonds. The maximum absolute atomic E-state index is 13.0. The van der Waals surface area contributed by atoms with Crippen LogP contribution in [-0.2, 0) is 4.79 Å². The Balaban J connectivity index is 1.54. The van der Waals surface area contributed by atoms with E-state index in [4.69, 9.17) is 0 Å². The van der Waals surface area contributed by atoms with Crippen LogP contribution in [0.3, 0.4) is 0 Å². The third-order valence-electron chi connectivity index (χ3n) is 11.4.